The van der Waals surface area contributed by atoms with E-state index in [1.165, 1.54) is 0 Å². The molecule has 1 N–H and O–H groups in total. The van der Waals surface area contributed by atoms with Gasteiger partial charge < -0.3 is 14.8 Å². The Labute approximate surface area is 130 Å². The summed E-state index contributed by atoms with van der Waals surface area (Å²) in [5.74, 6) is 1.71. The summed E-state index contributed by atoms with van der Waals surface area (Å²) in [6.07, 6.45) is 1.83. The maximum Gasteiger partial charge on any atom is 0.124 e. The lowest BCUT2D eigenvalue weighted by Crippen LogP contribution is -2.35. The fourth-order valence-electron chi connectivity index (χ4n) is 1.78. The number of methoxy groups -OCH3 is 1. The zero-order valence-electron chi connectivity index (χ0n) is 13.0. The SMILES string of the molecule is COc1ccc(OCc2cncs2)c(CNC(C)(C)C)c1. The Morgan fingerprint density at radius 1 is 1.29 bits per heavy atom. The first-order chi connectivity index (χ1) is 9.98. The van der Waals surface area contributed by atoms with Crippen molar-refractivity contribution in [1.29, 1.82) is 0 Å². The first kappa shape index (κ1) is 15.8. The largest absolute Gasteiger partial charge is 0.497 e. The molecule has 1 aromatic heterocycles. The summed E-state index contributed by atoms with van der Waals surface area (Å²) in [6, 6.07) is 5.89. The van der Waals surface area contributed by atoms with E-state index in [0.717, 1.165) is 28.5 Å². The second-order valence-electron chi connectivity index (χ2n) is 5.83. The number of ether oxygens (including phenoxy) is 2. The molecule has 2 aromatic rings. The molecule has 5 heteroatoms. The molecule has 0 unspecified atom stereocenters. The zero-order chi connectivity index (χ0) is 15.3. The van der Waals surface area contributed by atoms with Crippen LogP contribution in [0.2, 0.25) is 0 Å². The number of hydrogen-bond acceptors (Lipinski definition) is 5. The van der Waals surface area contributed by atoms with Crippen LogP contribution in [0.5, 0.6) is 11.5 Å². The Balaban J connectivity index is 2.10. The van der Waals surface area contributed by atoms with Gasteiger partial charge in [0, 0.05) is 23.8 Å². The molecular weight excluding hydrogens is 284 g/mol. The number of hydrogen-bond donors (Lipinski definition) is 1. The van der Waals surface area contributed by atoms with Crippen molar-refractivity contribution in [2.45, 2.75) is 39.5 Å². The Bertz CT molecular complexity index is 562. The first-order valence-corrected chi connectivity index (χ1v) is 7.78. The second kappa shape index (κ2) is 6.91. The highest BCUT2D eigenvalue weighted by molar-refractivity contribution is 7.09. The van der Waals surface area contributed by atoms with E-state index in [4.69, 9.17) is 9.47 Å². The van der Waals surface area contributed by atoms with Crippen LogP contribution in [0.15, 0.2) is 29.9 Å². The Kier molecular flexibility index (Phi) is 5.20. The van der Waals surface area contributed by atoms with Crippen molar-refractivity contribution in [2.75, 3.05) is 7.11 Å². The third-order valence-electron chi connectivity index (χ3n) is 2.93. The van der Waals surface area contributed by atoms with E-state index in [1.807, 2.05) is 29.9 Å². The predicted octanol–water partition coefficient (Wildman–Crippen LogP) is 3.62. The van der Waals surface area contributed by atoms with Crippen LogP contribution in [0.3, 0.4) is 0 Å². The zero-order valence-corrected chi connectivity index (χ0v) is 13.8. The van der Waals surface area contributed by atoms with Crippen molar-refractivity contribution in [3.63, 3.8) is 0 Å². The lowest BCUT2D eigenvalue weighted by molar-refractivity contribution is 0.302. The highest BCUT2D eigenvalue weighted by atomic mass is 32.1. The maximum absolute atomic E-state index is 5.92. The van der Waals surface area contributed by atoms with Gasteiger partial charge in [0.2, 0.25) is 0 Å². The molecule has 0 fully saturated rings. The van der Waals surface area contributed by atoms with Gasteiger partial charge >= 0.3 is 0 Å². The average Bonchev–Trinajstić information content (AvgIpc) is 2.95. The molecular formula is C16H22N2O2S. The van der Waals surface area contributed by atoms with Crippen molar-refractivity contribution in [2.24, 2.45) is 0 Å². The van der Waals surface area contributed by atoms with E-state index in [2.05, 4.69) is 31.1 Å². The minimum Gasteiger partial charge on any atom is -0.497 e. The van der Waals surface area contributed by atoms with Crippen LogP contribution >= 0.6 is 11.3 Å². The number of nitrogens with one attached hydrogen (secondary N) is 1. The summed E-state index contributed by atoms with van der Waals surface area (Å²) >= 11 is 1.60. The van der Waals surface area contributed by atoms with E-state index >= 15 is 0 Å². The third-order valence-corrected chi connectivity index (χ3v) is 3.68. The fourth-order valence-corrected chi connectivity index (χ4v) is 2.29. The number of benzene rings is 1. The molecule has 2 rings (SSSR count). The number of thiazole rings is 1. The second-order valence-corrected chi connectivity index (χ2v) is 6.80. The topological polar surface area (TPSA) is 43.4 Å². The van der Waals surface area contributed by atoms with Gasteiger partial charge in [-0.05, 0) is 39.0 Å². The van der Waals surface area contributed by atoms with Crippen LogP contribution in [0.1, 0.15) is 31.2 Å². The summed E-state index contributed by atoms with van der Waals surface area (Å²) in [6.45, 7) is 7.71. The molecule has 0 aliphatic heterocycles. The van der Waals surface area contributed by atoms with Gasteiger partial charge in [0.15, 0.2) is 0 Å². The molecule has 1 heterocycles. The molecule has 114 valence electrons. The van der Waals surface area contributed by atoms with Crippen molar-refractivity contribution >= 4 is 11.3 Å². The maximum atomic E-state index is 5.92. The fraction of sp³-hybridized carbons (Fsp3) is 0.438. The molecule has 0 aliphatic carbocycles. The van der Waals surface area contributed by atoms with E-state index in [-0.39, 0.29) is 5.54 Å². The molecule has 4 nitrogen and oxygen atoms in total. The number of aromatic nitrogens is 1. The van der Waals surface area contributed by atoms with Crippen molar-refractivity contribution in [3.8, 4) is 11.5 Å². The standard InChI is InChI=1S/C16H22N2O2S/c1-16(2,3)18-8-12-7-13(19-4)5-6-15(12)20-10-14-9-17-11-21-14/h5-7,9,11,18H,8,10H2,1-4H3. The van der Waals surface area contributed by atoms with Gasteiger partial charge in [-0.2, -0.15) is 0 Å². The lowest BCUT2D eigenvalue weighted by Gasteiger charge is -2.22. The van der Waals surface area contributed by atoms with Crippen LogP contribution in [-0.4, -0.2) is 17.6 Å². The minimum atomic E-state index is 0.0536. The molecule has 0 atom stereocenters. The Hall–Kier alpha value is -1.59. The van der Waals surface area contributed by atoms with Gasteiger partial charge in [0.25, 0.3) is 0 Å². The average molecular weight is 306 g/mol. The summed E-state index contributed by atoms with van der Waals surface area (Å²) in [4.78, 5) is 5.17. The first-order valence-electron chi connectivity index (χ1n) is 6.90. The Morgan fingerprint density at radius 3 is 2.71 bits per heavy atom. The lowest BCUT2D eigenvalue weighted by atomic mass is 10.1. The van der Waals surface area contributed by atoms with Crippen LogP contribution in [0.4, 0.5) is 0 Å². The Morgan fingerprint density at radius 2 is 2.10 bits per heavy atom. The van der Waals surface area contributed by atoms with Crippen LogP contribution in [-0.2, 0) is 13.2 Å². The predicted molar refractivity (Wildman–Crippen MR) is 86.0 cm³/mol. The molecule has 0 amide bonds. The monoisotopic (exact) mass is 306 g/mol. The molecule has 0 radical (unpaired) electrons. The highest BCUT2D eigenvalue weighted by Crippen LogP contribution is 2.26. The molecule has 0 saturated carbocycles. The smallest absolute Gasteiger partial charge is 0.124 e. The van der Waals surface area contributed by atoms with Gasteiger partial charge in [0.1, 0.15) is 18.1 Å². The van der Waals surface area contributed by atoms with E-state index in [0.29, 0.717) is 6.61 Å². The number of nitrogens with zero attached hydrogens (tertiary/aromatic N) is 1. The van der Waals surface area contributed by atoms with Crippen LogP contribution in [0.25, 0.3) is 0 Å². The normalized spacial score (nSPS) is 11.4. The van der Waals surface area contributed by atoms with E-state index in [9.17, 15) is 0 Å². The van der Waals surface area contributed by atoms with E-state index < -0.39 is 0 Å². The summed E-state index contributed by atoms with van der Waals surface area (Å²) in [5.41, 5.74) is 2.96. The number of rotatable bonds is 6. The van der Waals surface area contributed by atoms with Crippen LogP contribution < -0.4 is 14.8 Å². The van der Waals surface area contributed by atoms with Crippen LogP contribution in [0, 0.1) is 0 Å². The van der Waals surface area contributed by atoms with Crippen molar-refractivity contribution < 1.29 is 9.47 Å². The third kappa shape index (κ3) is 5.02. The molecule has 1 aromatic carbocycles. The molecule has 0 bridgehead atoms. The van der Waals surface area contributed by atoms with Gasteiger partial charge in [-0.3, -0.25) is 4.98 Å². The summed E-state index contributed by atoms with van der Waals surface area (Å²) < 4.78 is 11.2. The molecule has 0 spiro atoms. The summed E-state index contributed by atoms with van der Waals surface area (Å²) in [7, 11) is 1.67. The highest BCUT2D eigenvalue weighted by Gasteiger charge is 2.12. The molecule has 21 heavy (non-hydrogen) atoms. The van der Waals surface area contributed by atoms with Crippen molar-refractivity contribution in [1.82, 2.24) is 10.3 Å². The quantitative estimate of drug-likeness (QED) is 0.885. The van der Waals surface area contributed by atoms with Gasteiger partial charge in [-0.25, -0.2) is 0 Å². The van der Waals surface area contributed by atoms with Gasteiger partial charge in [-0.15, -0.1) is 11.3 Å². The van der Waals surface area contributed by atoms with Gasteiger partial charge in [0.05, 0.1) is 17.5 Å². The summed E-state index contributed by atoms with van der Waals surface area (Å²) in [5, 5.41) is 3.48. The molecule has 0 aliphatic rings. The minimum absolute atomic E-state index is 0.0536. The van der Waals surface area contributed by atoms with Gasteiger partial charge in [-0.1, -0.05) is 0 Å². The van der Waals surface area contributed by atoms with E-state index in [1.54, 1.807) is 18.4 Å². The molecule has 0 saturated heterocycles. The van der Waals surface area contributed by atoms with Crippen molar-refractivity contribution in [3.05, 3.63) is 40.3 Å².